The first-order valence-electron chi connectivity index (χ1n) is 11.4. The van der Waals surface area contributed by atoms with E-state index in [0.717, 1.165) is 63.1 Å². The molecule has 2 aromatic heterocycles. The van der Waals surface area contributed by atoms with Crippen molar-refractivity contribution in [1.29, 1.82) is 0 Å². The highest BCUT2D eigenvalue weighted by atomic mass is 16.5. The standard InChI is InChI=1S/C25H30N4O2/c30-25(19-29-14-7-20-3-1-2-4-24(20)29)28-15-8-21(9-16-28)27-17-10-23(11-18-27)31-22-5-12-26-13-6-22/h1-7,12-14,21,23H,8-11,15-19H2. The molecule has 3 aromatic rings. The lowest BCUT2D eigenvalue weighted by molar-refractivity contribution is -0.133. The van der Waals surface area contributed by atoms with Gasteiger partial charge in [-0.3, -0.25) is 14.7 Å². The van der Waals surface area contributed by atoms with Gasteiger partial charge in [-0.1, -0.05) is 18.2 Å². The van der Waals surface area contributed by atoms with E-state index in [1.54, 1.807) is 12.4 Å². The van der Waals surface area contributed by atoms with Crippen molar-refractivity contribution in [3.8, 4) is 5.75 Å². The molecule has 0 aliphatic carbocycles. The van der Waals surface area contributed by atoms with Crippen LogP contribution in [-0.4, -0.2) is 63.6 Å². The van der Waals surface area contributed by atoms with Crippen molar-refractivity contribution >= 4 is 16.8 Å². The van der Waals surface area contributed by atoms with Crippen LogP contribution < -0.4 is 4.74 Å². The number of pyridine rings is 1. The Bertz CT molecular complexity index is 1000. The Morgan fingerprint density at radius 2 is 1.68 bits per heavy atom. The van der Waals surface area contributed by atoms with Crippen molar-refractivity contribution in [1.82, 2.24) is 19.4 Å². The number of carbonyl (C=O) groups is 1. The van der Waals surface area contributed by atoms with Crippen molar-refractivity contribution in [2.45, 2.75) is 44.4 Å². The molecule has 162 valence electrons. The summed E-state index contributed by atoms with van der Waals surface area (Å²) in [5.74, 6) is 1.14. The maximum Gasteiger partial charge on any atom is 0.242 e. The number of carbonyl (C=O) groups excluding carboxylic acids is 1. The predicted molar refractivity (Wildman–Crippen MR) is 121 cm³/mol. The van der Waals surface area contributed by atoms with Gasteiger partial charge in [0.25, 0.3) is 0 Å². The Balaban J connectivity index is 1.09. The number of fused-ring (bicyclic) bond motifs is 1. The average Bonchev–Trinajstić information content (AvgIpc) is 3.23. The summed E-state index contributed by atoms with van der Waals surface area (Å²) in [4.78, 5) is 21.6. The maximum atomic E-state index is 12.9. The van der Waals surface area contributed by atoms with Gasteiger partial charge in [0.2, 0.25) is 5.91 Å². The summed E-state index contributed by atoms with van der Waals surface area (Å²) in [6, 6.07) is 14.7. The van der Waals surface area contributed by atoms with Crippen LogP contribution in [0.2, 0.25) is 0 Å². The molecule has 6 nitrogen and oxygen atoms in total. The van der Waals surface area contributed by atoms with Gasteiger partial charge in [-0.05, 0) is 55.3 Å². The first kappa shape index (κ1) is 20.1. The van der Waals surface area contributed by atoms with Crippen molar-refractivity contribution in [2.75, 3.05) is 26.2 Å². The molecule has 0 N–H and O–H groups in total. The smallest absolute Gasteiger partial charge is 0.242 e. The molecule has 0 radical (unpaired) electrons. The first-order valence-corrected chi connectivity index (χ1v) is 11.4. The van der Waals surface area contributed by atoms with Crippen LogP contribution in [0.15, 0.2) is 61.1 Å². The number of hydrogen-bond acceptors (Lipinski definition) is 4. The lowest BCUT2D eigenvalue weighted by Gasteiger charge is -2.41. The second-order valence-corrected chi connectivity index (χ2v) is 8.65. The number of likely N-dealkylation sites (tertiary alicyclic amines) is 2. The topological polar surface area (TPSA) is 50.6 Å². The molecule has 4 heterocycles. The molecule has 2 aliphatic rings. The summed E-state index contributed by atoms with van der Waals surface area (Å²) in [6.07, 6.45) is 10.1. The Labute approximate surface area is 183 Å². The lowest BCUT2D eigenvalue weighted by atomic mass is 9.98. The van der Waals surface area contributed by atoms with Gasteiger partial charge in [0.15, 0.2) is 0 Å². The van der Waals surface area contributed by atoms with Gasteiger partial charge in [0, 0.05) is 56.3 Å². The highest BCUT2D eigenvalue weighted by molar-refractivity contribution is 5.83. The van der Waals surface area contributed by atoms with E-state index in [1.165, 1.54) is 5.39 Å². The van der Waals surface area contributed by atoms with Crippen molar-refractivity contribution in [2.24, 2.45) is 0 Å². The molecule has 1 amide bonds. The Hall–Kier alpha value is -2.86. The van der Waals surface area contributed by atoms with E-state index in [0.29, 0.717) is 12.6 Å². The zero-order valence-electron chi connectivity index (χ0n) is 17.9. The van der Waals surface area contributed by atoms with Crippen LogP contribution in [0, 0.1) is 0 Å². The van der Waals surface area contributed by atoms with Crippen LogP contribution in [0.1, 0.15) is 25.7 Å². The van der Waals surface area contributed by atoms with Crippen molar-refractivity contribution in [3.05, 3.63) is 61.1 Å². The molecule has 31 heavy (non-hydrogen) atoms. The Morgan fingerprint density at radius 3 is 2.45 bits per heavy atom. The summed E-state index contributed by atoms with van der Waals surface area (Å²) in [5.41, 5.74) is 1.13. The van der Waals surface area contributed by atoms with Crippen LogP contribution in [0.25, 0.3) is 10.9 Å². The summed E-state index contributed by atoms with van der Waals surface area (Å²) in [6.45, 7) is 4.29. The monoisotopic (exact) mass is 418 g/mol. The average molecular weight is 419 g/mol. The molecule has 0 bridgehead atoms. The highest BCUT2D eigenvalue weighted by Gasteiger charge is 2.30. The lowest BCUT2D eigenvalue weighted by Crippen LogP contribution is -2.50. The highest BCUT2D eigenvalue weighted by Crippen LogP contribution is 2.24. The number of nitrogens with zero attached hydrogens (tertiary/aromatic N) is 4. The number of amides is 1. The van der Waals surface area contributed by atoms with Gasteiger partial charge in [-0.2, -0.15) is 0 Å². The largest absolute Gasteiger partial charge is 0.490 e. The third kappa shape index (κ3) is 4.59. The van der Waals surface area contributed by atoms with Crippen molar-refractivity contribution in [3.63, 3.8) is 0 Å². The molecule has 1 aromatic carbocycles. The summed E-state index contributed by atoms with van der Waals surface area (Å²) in [7, 11) is 0. The summed E-state index contributed by atoms with van der Waals surface area (Å²) >= 11 is 0. The molecular weight excluding hydrogens is 388 g/mol. The first-order chi connectivity index (χ1) is 15.3. The van der Waals surface area contributed by atoms with E-state index in [4.69, 9.17) is 4.74 Å². The second kappa shape index (κ2) is 9.10. The van der Waals surface area contributed by atoms with Crippen molar-refractivity contribution < 1.29 is 9.53 Å². The van der Waals surface area contributed by atoms with Crippen LogP contribution in [0.5, 0.6) is 5.75 Å². The zero-order valence-corrected chi connectivity index (χ0v) is 17.9. The van der Waals surface area contributed by atoms with Gasteiger partial charge in [-0.15, -0.1) is 0 Å². The molecule has 0 atom stereocenters. The number of benzene rings is 1. The van der Waals surface area contributed by atoms with E-state index in [1.807, 2.05) is 35.4 Å². The molecule has 2 aliphatic heterocycles. The Morgan fingerprint density at radius 1 is 0.935 bits per heavy atom. The zero-order chi connectivity index (χ0) is 21.0. The fraction of sp³-hybridized carbons (Fsp3) is 0.440. The van der Waals surface area contributed by atoms with Gasteiger partial charge in [0.1, 0.15) is 18.4 Å². The number of aromatic nitrogens is 2. The fourth-order valence-corrected chi connectivity index (χ4v) is 4.97. The third-order valence-corrected chi connectivity index (χ3v) is 6.75. The van der Waals surface area contributed by atoms with Gasteiger partial charge < -0.3 is 14.2 Å². The van der Waals surface area contributed by atoms with Gasteiger partial charge >= 0.3 is 0 Å². The fourth-order valence-electron chi connectivity index (χ4n) is 4.97. The molecular formula is C25H30N4O2. The van der Waals surface area contributed by atoms with E-state index < -0.39 is 0 Å². The van der Waals surface area contributed by atoms with Crippen LogP contribution in [0.3, 0.4) is 0 Å². The summed E-state index contributed by atoms with van der Waals surface area (Å²) < 4.78 is 8.16. The number of piperidine rings is 2. The van der Waals surface area contributed by atoms with Crippen LogP contribution in [-0.2, 0) is 11.3 Å². The number of rotatable bonds is 5. The molecule has 0 saturated carbocycles. The summed E-state index contributed by atoms with van der Waals surface area (Å²) in [5, 5.41) is 1.19. The Kier molecular flexibility index (Phi) is 5.89. The second-order valence-electron chi connectivity index (χ2n) is 8.65. The minimum Gasteiger partial charge on any atom is -0.490 e. The number of para-hydroxylation sites is 1. The molecule has 0 spiro atoms. The van der Waals surface area contributed by atoms with E-state index in [9.17, 15) is 4.79 Å². The predicted octanol–water partition coefficient (Wildman–Crippen LogP) is 3.57. The maximum absolute atomic E-state index is 12.9. The molecule has 0 unspecified atom stereocenters. The quantitative estimate of drug-likeness (QED) is 0.636. The minimum atomic E-state index is 0.226. The van der Waals surface area contributed by atoms with E-state index in [2.05, 4.69) is 32.7 Å². The molecule has 2 fully saturated rings. The SMILES string of the molecule is O=C(Cn1ccc2ccccc21)N1CCC(N2CCC(Oc3ccncc3)CC2)CC1. The van der Waals surface area contributed by atoms with Gasteiger partial charge in [0.05, 0.1) is 0 Å². The van der Waals surface area contributed by atoms with E-state index in [-0.39, 0.29) is 12.0 Å². The molecule has 2 saturated heterocycles. The van der Waals surface area contributed by atoms with Gasteiger partial charge in [-0.25, -0.2) is 0 Å². The van der Waals surface area contributed by atoms with Crippen LogP contribution in [0.4, 0.5) is 0 Å². The molecule has 5 rings (SSSR count). The van der Waals surface area contributed by atoms with E-state index >= 15 is 0 Å². The third-order valence-electron chi connectivity index (χ3n) is 6.75. The van der Waals surface area contributed by atoms with Crippen LogP contribution >= 0.6 is 0 Å². The number of hydrogen-bond donors (Lipinski definition) is 0. The molecule has 6 heteroatoms. The minimum absolute atomic E-state index is 0.226. The number of ether oxygens (including phenoxy) is 1. The normalized spacial score (nSPS) is 19.0.